The third-order valence-electron chi connectivity index (χ3n) is 8.06. The molecule has 1 aliphatic rings. The van der Waals surface area contributed by atoms with Crippen molar-refractivity contribution in [3.05, 3.63) is 53.6 Å². The fraction of sp³-hybridized carbons (Fsp3) is 0.469. The molecule has 1 saturated heterocycles. The van der Waals surface area contributed by atoms with Crippen LogP contribution in [0.5, 0.6) is 5.75 Å². The summed E-state index contributed by atoms with van der Waals surface area (Å²) in [5, 5.41) is 45.7. The Labute approximate surface area is 276 Å². The molecule has 2 aromatic carbocycles. The summed E-state index contributed by atoms with van der Waals surface area (Å²) in [4.78, 5) is 65.9. The van der Waals surface area contributed by atoms with Crippen LogP contribution in [0.4, 0.5) is 8.78 Å². The minimum Gasteiger partial charge on any atom is -0.549 e. The molecule has 1 unspecified atom stereocenters. The number of aldehydes is 1. The number of benzene rings is 2. The first-order valence-electron chi connectivity index (χ1n) is 15.4. The smallest absolute Gasteiger partial charge is 0.320 e. The first-order chi connectivity index (χ1) is 22.9. The van der Waals surface area contributed by atoms with Gasteiger partial charge in [-0.3, -0.25) is 29.2 Å². The summed E-state index contributed by atoms with van der Waals surface area (Å²) in [6, 6.07) is 5.79. The topological polar surface area (TPSA) is 197 Å². The molecule has 0 bridgehead atoms. The Hall–Kier alpha value is -4.51. The van der Waals surface area contributed by atoms with E-state index < -0.39 is 48.0 Å². The molecule has 0 radical (unpaired) electrons. The lowest BCUT2D eigenvalue weighted by Crippen LogP contribution is -2.52. The van der Waals surface area contributed by atoms with Crippen LogP contribution in [-0.2, 0) is 19.2 Å². The van der Waals surface area contributed by atoms with Gasteiger partial charge in [-0.15, -0.1) is 0 Å². The highest BCUT2D eigenvalue weighted by Gasteiger charge is 2.27. The van der Waals surface area contributed by atoms with Crippen LogP contribution in [0, 0.1) is 11.6 Å². The number of carboxylic acid groups (broad SMARTS) is 3. The van der Waals surface area contributed by atoms with E-state index in [1.165, 1.54) is 29.2 Å². The van der Waals surface area contributed by atoms with Gasteiger partial charge >= 0.3 is 5.97 Å². The number of amides is 1. The Bertz CT molecular complexity index is 1450. The van der Waals surface area contributed by atoms with Crippen molar-refractivity contribution in [1.29, 1.82) is 0 Å². The van der Waals surface area contributed by atoms with Gasteiger partial charge in [0.1, 0.15) is 29.7 Å². The van der Waals surface area contributed by atoms with Gasteiger partial charge < -0.3 is 40.1 Å². The molecule has 1 atom stereocenters. The molecule has 1 fully saturated rings. The minimum absolute atomic E-state index is 0.0212. The third kappa shape index (κ3) is 11.9. The fourth-order valence-electron chi connectivity index (χ4n) is 5.50. The van der Waals surface area contributed by atoms with Crippen molar-refractivity contribution in [2.75, 3.05) is 78.5 Å². The second kappa shape index (κ2) is 18.7. The molecule has 3 rings (SSSR count). The molecule has 16 heteroatoms. The van der Waals surface area contributed by atoms with Gasteiger partial charge in [0.2, 0.25) is 0 Å². The van der Waals surface area contributed by atoms with Gasteiger partial charge in [-0.1, -0.05) is 6.07 Å². The number of phenolic OH excluding ortho intramolecular Hbond substituents is 1. The molecular weight excluding hydrogens is 636 g/mol. The highest BCUT2D eigenvalue weighted by Crippen LogP contribution is 2.28. The van der Waals surface area contributed by atoms with Crippen molar-refractivity contribution in [3.8, 4) is 16.9 Å². The van der Waals surface area contributed by atoms with Crippen LogP contribution in [-0.4, -0.2) is 144 Å². The molecule has 1 amide bonds. The second-order valence-electron chi connectivity index (χ2n) is 11.4. The van der Waals surface area contributed by atoms with Crippen molar-refractivity contribution < 1.29 is 53.2 Å². The van der Waals surface area contributed by atoms with E-state index in [1.807, 2.05) is 0 Å². The highest BCUT2D eigenvalue weighted by atomic mass is 19.1. The van der Waals surface area contributed by atoms with Gasteiger partial charge in [0, 0.05) is 83.6 Å². The van der Waals surface area contributed by atoms with E-state index >= 15 is 0 Å². The monoisotopic (exact) mass is 675 g/mol. The number of hydrogen-bond acceptors (Lipinski definition) is 12. The zero-order chi connectivity index (χ0) is 35.2. The number of carbonyl (C=O) groups excluding carboxylic acids is 4. The third-order valence-corrected chi connectivity index (χ3v) is 8.06. The summed E-state index contributed by atoms with van der Waals surface area (Å²) in [5.74, 6) is -6.46. The Morgan fingerprint density at radius 2 is 1.44 bits per heavy atom. The molecular formula is C32H39F2N5O9-2. The summed E-state index contributed by atoms with van der Waals surface area (Å²) < 4.78 is 27.7. The van der Waals surface area contributed by atoms with Crippen LogP contribution >= 0.6 is 0 Å². The largest absolute Gasteiger partial charge is 0.549 e. The first kappa shape index (κ1) is 37.9. The maximum Gasteiger partial charge on any atom is 0.320 e. The van der Waals surface area contributed by atoms with E-state index in [4.69, 9.17) is 0 Å². The fourth-order valence-corrected chi connectivity index (χ4v) is 5.50. The lowest BCUT2D eigenvalue weighted by atomic mass is 10.0. The number of carbonyl (C=O) groups is 5. The van der Waals surface area contributed by atoms with Crippen LogP contribution in [0.2, 0.25) is 0 Å². The van der Waals surface area contributed by atoms with Crippen molar-refractivity contribution in [3.63, 3.8) is 0 Å². The summed E-state index contributed by atoms with van der Waals surface area (Å²) in [5.41, 5.74) is 0.107. The van der Waals surface area contributed by atoms with Gasteiger partial charge in [-0.2, -0.15) is 0 Å². The van der Waals surface area contributed by atoms with Crippen molar-refractivity contribution >= 4 is 30.1 Å². The number of rotatable bonds is 14. The van der Waals surface area contributed by atoms with Gasteiger partial charge in [0.15, 0.2) is 0 Å². The van der Waals surface area contributed by atoms with Gasteiger partial charge in [0.05, 0.1) is 24.0 Å². The molecule has 1 aliphatic heterocycles. The summed E-state index contributed by atoms with van der Waals surface area (Å²) in [7, 11) is 0. The molecule has 0 aromatic heterocycles. The quantitative estimate of drug-likeness (QED) is 0.150. The van der Waals surface area contributed by atoms with Crippen LogP contribution in [0.15, 0.2) is 36.4 Å². The number of carboxylic acids is 3. The molecule has 48 heavy (non-hydrogen) atoms. The SMILES string of the molecule is O=CCN1CCN(CC(=O)[O-])CCN(CC(=O)[O-])CCN(C(CCCNC(=O)c2cc(-c3ccc(F)cc3F)ccc2O)C(=O)O)CC1. The maximum atomic E-state index is 14.3. The van der Waals surface area contributed by atoms with Gasteiger partial charge in [-0.25, -0.2) is 8.78 Å². The summed E-state index contributed by atoms with van der Waals surface area (Å²) in [6.07, 6.45) is 0.975. The number of halogens is 2. The standard InChI is InChI=1S/C32H41F2N5O9/c33-23-4-5-24(26(34)19-23)22-3-6-28(41)25(18-22)31(46)35-7-1-2-27(32(47)48)39-14-12-36(16-17-40)8-9-37(20-29(42)43)10-11-38(13-15-39)21-30(44)45/h3-6,17-19,27,41H,1-2,7-16,20-21H2,(H,35,46)(H,42,43)(H,44,45)(H,47,48)/p-2. The van der Waals surface area contributed by atoms with Gasteiger partial charge in [-0.05, 0) is 42.7 Å². The Morgan fingerprint density at radius 3 is 2.00 bits per heavy atom. The van der Waals surface area contributed by atoms with Crippen molar-refractivity contribution in [2.45, 2.75) is 18.9 Å². The zero-order valence-electron chi connectivity index (χ0n) is 26.3. The second-order valence-corrected chi connectivity index (χ2v) is 11.4. The molecule has 14 nitrogen and oxygen atoms in total. The van der Waals surface area contributed by atoms with E-state index in [-0.39, 0.29) is 101 Å². The van der Waals surface area contributed by atoms with Crippen molar-refractivity contribution in [2.24, 2.45) is 0 Å². The van der Waals surface area contributed by atoms with Crippen molar-refractivity contribution in [1.82, 2.24) is 24.9 Å². The van der Waals surface area contributed by atoms with Crippen LogP contribution in [0.3, 0.4) is 0 Å². The molecule has 0 spiro atoms. The average Bonchev–Trinajstić information content (AvgIpc) is 3.01. The zero-order valence-corrected chi connectivity index (χ0v) is 26.3. The Kier molecular flexibility index (Phi) is 14.8. The van der Waals surface area contributed by atoms with E-state index in [0.717, 1.165) is 6.07 Å². The van der Waals surface area contributed by atoms with E-state index in [9.17, 15) is 53.2 Å². The number of nitrogens with zero attached hydrogens (tertiary/aromatic N) is 4. The lowest BCUT2D eigenvalue weighted by Gasteiger charge is -2.36. The van der Waals surface area contributed by atoms with E-state index in [1.54, 1.807) is 14.7 Å². The minimum atomic E-state index is -1.35. The first-order valence-corrected chi connectivity index (χ1v) is 15.4. The number of phenols is 1. The van der Waals surface area contributed by atoms with Crippen LogP contribution < -0.4 is 15.5 Å². The van der Waals surface area contributed by atoms with Crippen LogP contribution in [0.1, 0.15) is 23.2 Å². The number of nitrogens with one attached hydrogen (secondary N) is 1. The number of hydrogen-bond donors (Lipinski definition) is 3. The summed E-state index contributed by atoms with van der Waals surface area (Å²) in [6.45, 7) is 0.851. The van der Waals surface area contributed by atoms with Crippen LogP contribution in [0.25, 0.3) is 11.1 Å². The number of aromatic hydroxyl groups is 1. The average molecular weight is 676 g/mol. The predicted octanol–water partition coefficient (Wildman–Crippen LogP) is -1.78. The molecule has 3 N–H and O–H groups in total. The maximum absolute atomic E-state index is 14.3. The Balaban J connectivity index is 1.69. The van der Waals surface area contributed by atoms with E-state index in [2.05, 4.69) is 5.32 Å². The summed E-state index contributed by atoms with van der Waals surface area (Å²) >= 11 is 0. The lowest BCUT2D eigenvalue weighted by molar-refractivity contribution is -0.308. The normalized spacial score (nSPS) is 16.7. The Morgan fingerprint density at radius 1 is 0.854 bits per heavy atom. The van der Waals surface area contributed by atoms with E-state index in [0.29, 0.717) is 18.9 Å². The molecule has 0 aliphatic carbocycles. The highest BCUT2D eigenvalue weighted by molar-refractivity contribution is 5.98. The predicted molar refractivity (Wildman–Crippen MR) is 163 cm³/mol. The molecule has 262 valence electrons. The molecule has 0 saturated carbocycles. The number of aliphatic carboxylic acids is 3. The molecule has 1 heterocycles. The van der Waals surface area contributed by atoms with Gasteiger partial charge in [0.25, 0.3) is 5.91 Å². The molecule has 2 aromatic rings.